The lowest BCUT2D eigenvalue weighted by Crippen LogP contribution is -2.01. The number of fused-ring (bicyclic) bond motifs is 5. The second-order valence-corrected chi connectivity index (χ2v) is 4.89. The van der Waals surface area contributed by atoms with Gasteiger partial charge in [-0.3, -0.25) is 9.38 Å². The molecule has 112 valence electrons. The molecule has 0 aliphatic carbocycles. The lowest BCUT2D eigenvalue weighted by molar-refractivity contribution is 0.408. The summed E-state index contributed by atoms with van der Waals surface area (Å²) in [6, 6.07) is 9.40. The number of hydrogen-bond donors (Lipinski definition) is 0. The third kappa shape index (κ3) is 1.66. The predicted molar refractivity (Wildman–Crippen MR) is 83.6 cm³/mol. The molecular formula is C16H11N5O2. The summed E-state index contributed by atoms with van der Waals surface area (Å²) >= 11 is 0. The monoisotopic (exact) mass is 305 g/mol. The Bertz CT molecular complexity index is 1110. The Hall–Kier alpha value is -3.40. The normalized spacial score (nSPS) is 11.0. The highest BCUT2D eigenvalue weighted by molar-refractivity contribution is 6.00. The molecule has 3 aromatic heterocycles. The van der Waals surface area contributed by atoms with Crippen molar-refractivity contribution in [2.75, 3.05) is 14.2 Å². The van der Waals surface area contributed by atoms with Crippen LogP contribution in [0.5, 0.6) is 11.5 Å². The first-order chi connectivity index (χ1) is 11.3. The van der Waals surface area contributed by atoms with Crippen LogP contribution in [-0.4, -0.2) is 33.8 Å². The summed E-state index contributed by atoms with van der Waals surface area (Å²) in [7, 11) is 3.13. The van der Waals surface area contributed by atoms with Gasteiger partial charge in [0.25, 0.3) is 0 Å². The van der Waals surface area contributed by atoms with Crippen molar-refractivity contribution in [2.45, 2.75) is 0 Å². The molecule has 1 aromatic carbocycles. The minimum Gasteiger partial charge on any atom is -0.494 e. The van der Waals surface area contributed by atoms with Gasteiger partial charge in [0.15, 0.2) is 11.2 Å². The number of pyridine rings is 1. The first-order valence-electron chi connectivity index (χ1n) is 6.86. The van der Waals surface area contributed by atoms with Gasteiger partial charge in [0, 0.05) is 11.6 Å². The van der Waals surface area contributed by atoms with Crippen LogP contribution in [0.2, 0.25) is 0 Å². The van der Waals surface area contributed by atoms with Crippen LogP contribution in [0.3, 0.4) is 0 Å². The molecule has 0 fully saturated rings. The van der Waals surface area contributed by atoms with Gasteiger partial charge in [0.1, 0.15) is 34.3 Å². The van der Waals surface area contributed by atoms with Gasteiger partial charge in [0.2, 0.25) is 0 Å². The number of methoxy groups -OCH3 is 2. The lowest BCUT2D eigenvalue weighted by atomic mass is 10.2. The van der Waals surface area contributed by atoms with E-state index in [9.17, 15) is 5.26 Å². The zero-order chi connectivity index (χ0) is 16.0. The first-order valence-corrected chi connectivity index (χ1v) is 6.86. The Morgan fingerprint density at radius 1 is 1.04 bits per heavy atom. The molecule has 0 aliphatic heterocycles. The highest BCUT2D eigenvalue weighted by Gasteiger charge is 2.20. The predicted octanol–water partition coefficient (Wildman–Crippen LogP) is 2.32. The number of rotatable bonds is 2. The Morgan fingerprint density at radius 2 is 1.83 bits per heavy atom. The van der Waals surface area contributed by atoms with Gasteiger partial charge in [0.05, 0.1) is 14.2 Å². The fraction of sp³-hybridized carbons (Fsp3) is 0.125. The third-order valence-electron chi connectivity index (χ3n) is 3.80. The number of aromatic nitrogens is 4. The molecule has 0 N–H and O–H groups in total. The Kier molecular flexibility index (Phi) is 2.78. The van der Waals surface area contributed by atoms with Gasteiger partial charge >= 0.3 is 0 Å². The summed E-state index contributed by atoms with van der Waals surface area (Å²) in [5.41, 5.74) is 2.73. The van der Waals surface area contributed by atoms with Crippen LogP contribution < -0.4 is 9.47 Å². The van der Waals surface area contributed by atoms with Crippen LogP contribution in [0.15, 0.2) is 30.5 Å². The van der Waals surface area contributed by atoms with E-state index in [1.165, 1.54) is 0 Å². The molecule has 0 aliphatic rings. The summed E-state index contributed by atoms with van der Waals surface area (Å²) in [5.74, 6) is 1.14. The summed E-state index contributed by atoms with van der Waals surface area (Å²) < 4.78 is 12.5. The van der Waals surface area contributed by atoms with Crippen molar-refractivity contribution in [3.8, 4) is 17.6 Å². The van der Waals surface area contributed by atoms with E-state index in [4.69, 9.17) is 9.47 Å². The average Bonchev–Trinajstić information content (AvgIpc) is 2.94. The molecule has 0 bridgehead atoms. The van der Waals surface area contributed by atoms with E-state index in [-0.39, 0.29) is 0 Å². The van der Waals surface area contributed by atoms with Crippen molar-refractivity contribution in [3.63, 3.8) is 0 Å². The molecule has 23 heavy (non-hydrogen) atoms. The van der Waals surface area contributed by atoms with Crippen LogP contribution >= 0.6 is 0 Å². The SMILES string of the molecule is COc1ccc(OC)c2c1nnc1c3ncccc3c(C#N)n12. The van der Waals surface area contributed by atoms with Crippen LogP contribution in [-0.2, 0) is 0 Å². The van der Waals surface area contributed by atoms with Crippen molar-refractivity contribution in [1.82, 2.24) is 19.6 Å². The third-order valence-corrected chi connectivity index (χ3v) is 3.80. The van der Waals surface area contributed by atoms with E-state index in [2.05, 4.69) is 21.3 Å². The van der Waals surface area contributed by atoms with E-state index in [0.29, 0.717) is 39.4 Å². The molecule has 0 atom stereocenters. The van der Waals surface area contributed by atoms with E-state index >= 15 is 0 Å². The van der Waals surface area contributed by atoms with Crippen molar-refractivity contribution in [3.05, 3.63) is 36.2 Å². The van der Waals surface area contributed by atoms with Gasteiger partial charge in [-0.2, -0.15) is 5.26 Å². The molecule has 0 radical (unpaired) electrons. The fourth-order valence-electron chi connectivity index (χ4n) is 2.81. The van der Waals surface area contributed by atoms with Crippen LogP contribution in [0.4, 0.5) is 0 Å². The van der Waals surface area contributed by atoms with Crippen LogP contribution in [0.25, 0.3) is 27.6 Å². The Labute approximate surface area is 130 Å². The number of nitriles is 1. The van der Waals surface area contributed by atoms with Gasteiger partial charge in [-0.25, -0.2) is 0 Å². The zero-order valence-electron chi connectivity index (χ0n) is 12.4. The largest absolute Gasteiger partial charge is 0.494 e. The van der Waals surface area contributed by atoms with Crippen molar-refractivity contribution in [2.24, 2.45) is 0 Å². The van der Waals surface area contributed by atoms with E-state index in [1.807, 2.05) is 6.07 Å². The molecular weight excluding hydrogens is 294 g/mol. The molecule has 0 unspecified atom stereocenters. The van der Waals surface area contributed by atoms with Gasteiger partial charge in [-0.1, -0.05) is 0 Å². The van der Waals surface area contributed by atoms with Crippen molar-refractivity contribution >= 4 is 27.6 Å². The number of hydrogen-bond acceptors (Lipinski definition) is 6. The average molecular weight is 305 g/mol. The molecule has 4 aromatic rings. The summed E-state index contributed by atoms with van der Waals surface area (Å²) in [6.45, 7) is 0. The number of ether oxygens (including phenoxy) is 2. The van der Waals surface area contributed by atoms with Gasteiger partial charge in [-0.15, -0.1) is 10.2 Å². The zero-order valence-corrected chi connectivity index (χ0v) is 12.4. The summed E-state index contributed by atoms with van der Waals surface area (Å²) in [5, 5.41) is 18.9. The summed E-state index contributed by atoms with van der Waals surface area (Å²) in [4.78, 5) is 4.34. The number of nitrogens with zero attached hydrogens (tertiary/aromatic N) is 5. The highest BCUT2D eigenvalue weighted by Crippen LogP contribution is 2.34. The maximum atomic E-state index is 9.65. The molecule has 0 saturated heterocycles. The molecule has 0 amide bonds. The standard InChI is InChI=1S/C16H11N5O2/c1-22-11-5-6-12(23-2)15-14(11)19-20-16-13-9(4-3-7-18-13)10(8-17)21(15)16/h3-7H,1-2H3. The van der Waals surface area contributed by atoms with Gasteiger partial charge < -0.3 is 9.47 Å². The maximum Gasteiger partial charge on any atom is 0.187 e. The second-order valence-electron chi connectivity index (χ2n) is 4.89. The fourth-order valence-corrected chi connectivity index (χ4v) is 2.81. The van der Waals surface area contributed by atoms with E-state index < -0.39 is 0 Å². The maximum absolute atomic E-state index is 9.65. The highest BCUT2D eigenvalue weighted by atomic mass is 16.5. The molecule has 0 spiro atoms. The quantitative estimate of drug-likeness (QED) is 0.565. The van der Waals surface area contributed by atoms with E-state index in [0.717, 1.165) is 5.39 Å². The molecule has 7 heteroatoms. The minimum atomic E-state index is 0.439. The lowest BCUT2D eigenvalue weighted by Gasteiger charge is -2.10. The summed E-state index contributed by atoms with van der Waals surface area (Å²) in [6.07, 6.45) is 1.66. The molecule has 3 heterocycles. The van der Waals surface area contributed by atoms with E-state index in [1.54, 1.807) is 43.0 Å². The smallest absolute Gasteiger partial charge is 0.187 e. The second kappa shape index (κ2) is 4.81. The Balaban J connectivity index is 2.36. The first kappa shape index (κ1) is 13.3. The molecule has 7 nitrogen and oxygen atoms in total. The van der Waals surface area contributed by atoms with Gasteiger partial charge in [-0.05, 0) is 24.3 Å². The van der Waals surface area contributed by atoms with Crippen LogP contribution in [0.1, 0.15) is 5.69 Å². The molecule has 4 rings (SSSR count). The Morgan fingerprint density at radius 3 is 2.57 bits per heavy atom. The number of benzene rings is 1. The topological polar surface area (TPSA) is 85.3 Å². The molecule has 0 saturated carbocycles. The van der Waals surface area contributed by atoms with Crippen molar-refractivity contribution < 1.29 is 9.47 Å². The van der Waals surface area contributed by atoms with Crippen LogP contribution in [0, 0.1) is 11.3 Å². The minimum absolute atomic E-state index is 0.439. The van der Waals surface area contributed by atoms with Crippen molar-refractivity contribution in [1.29, 1.82) is 5.26 Å².